The van der Waals surface area contributed by atoms with Crippen LogP contribution in [0.25, 0.3) is 5.65 Å². The van der Waals surface area contributed by atoms with Gasteiger partial charge in [-0.2, -0.15) is 17.7 Å². The number of alkyl halides is 3. The van der Waals surface area contributed by atoms with Gasteiger partial charge in [0.2, 0.25) is 5.91 Å². The highest BCUT2D eigenvalue weighted by Gasteiger charge is 2.38. The molecule has 1 fully saturated rings. The van der Waals surface area contributed by atoms with Crippen LogP contribution in [0.2, 0.25) is 0 Å². The Labute approximate surface area is 168 Å². The SMILES string of the molecule is CN(C(=O)C1CCN(c2ccc3nnc(C(F)(F)F)n3n2)CC1)c1ccc(F)cc1. The molecule has 3 heterocycles. The number of benzene rings is 1. The van der Waals surface area contributed by atoms with Crippen LogP contribution in [0.5, 0.6) is 0 Å². The largest absolute Gasteiger partial charge is 0.453 e. The maximum absolute atomic E-state index is 13.1. The van der Waals surface area contributed by atoms with E-state index < -0.39 is 12.0 Å². The molecule has 4 rings (SSSR count). The molecule has 158 valence electrons. The van der Waals surface area contributed by atoms with E-state index in [4.69, 9.17) is 0 Å². The predicted octanol–water partition coefficient (Wildman–Crippen LogP) is 3.16. The molecule has 11 heteroatoms. The van der Waals surface area contributed by atoms with Gasteiger partial charge in [0.05, 0.1) is 0 Å². The van der Waals surface area contributed by atoms with Crippen LogP contribution in [0.4, 0.5) is 29.1 Å². The number of nitrogens with zero attached hydrogens (tertiary/aromatic N) is 6. The second kappa shape index (κ2) is 7.54. The molecule has 0 atom stereocenters. The first-order chi connectivity index (χ1) is 14.2. The zero-order valence-electron chi connectivity index (χ0n) is 16.0. The molecule has 0 bridgehead atoms. The molecule has 0 radical (unpaired) electrons. The van der Waals surface area contributed by atoms with Crippen LogP contribution in [0.3, 0.4) is 0 Å². The summed E-state index contributed by atoms with van der Waals surface area (Å²) in [5.74, 6) is -1.50. The topological polar surface area (TPSA) is 66.6 Å². The average Bonchev–Trinajstić information content (AvgIpc) is 3.17. The quantitative estimate of drug-likeness (QED) is 0.607. The van der Waals surface area contributed by atoms with E-state index in [1.165, 1.54) is 23.1 Å². The first-order valence-corrected chi connectivity index (χ1v) is 9.32. The van der Waals surface area contributed by atoms with Gasteiger partial charge in [-0.05, 0) is 49.2 Å². The highest BCUT2D eigenvalue weighted by atomic mass is 19.4. The summed E-state index contributed by atoms with van der Waals surface area (Å²) < 4.78 is 53.0. The lowest BCUT2D eigenvalue weighted by atomic mass is 9.95. The number of aromatic nitrogens is 4. The number of piperidine rings is 1. The van der Waals surface area contributed by atoms with Gasteiger partial charge in [-0.15, -0.1) is 15.3 Å². The summed E-state index contributed by atoms with van der Waals surface area (Å²) in [4.78, 5) is 16.1. The van der Waals surface area contributed by atoms with Gasteiger partial charge in [0.1, 0.15) is 11.6 Å². The zero-order valence-corrected chi connectivity index (χ0v) is 16.0. The molecular formula is C19H18F4N6O. The molecule has 1 aliphatic rings. The lowest BCUT2D eigenvalue weighted by Crippen LogP contribution is -2.41. The molecule has 1 aliphatic heterocycles. The smallest absolute Gasteiger partial charge is 0.355 e. The van der Waals surface area contributed by atoms with Crippen molar-refractivity contribution in [1.29, 1.82) is 0 Å². The maximum atomic E-state index is 13.1. The second-order valence-electron chi connectivity index (χ2n) is 7.12. The van der Waals surface area contributed by atoms with Crippen molar-refractivity contribution in [3.63, 3.8) is 0 Å². The number of anilines is 2. The molecule has 7 nitrogen and oxygen atoms in total. The van der Waals surface area contributed by atoms with E-state index in [-0.39, 0.29) is 23.3 Å². The van der Waals surface area contributed by atoms with E-state index in [0.29, 0.717) is 42.0 Å². The Kier molecular flexibility index (Phi) is 5.04. The number of carbonyl (C=O) groups is 1. The van der Waals surface area contributed by atoms with Crippen LogP contribution in [-0.4, -0.2) is 45.9 Å². The summed E-state index contributed by atoms with van der Waals surface area (Å²) in [6.45, 7) is 0.936. The Balaban J connectivity index is 1.45. The molecule has 0 N–H and O–H groups in total. The van der Waals surface area contributed by atoms with Crippen molar-refractivity contribution in [2.75, 3.05) is 29.9 Å². The van der Waals surface area contributed by atoms with E-state index >= 15 is 0 Å². The molecule has 1 aromatic carbocycles. The van der Waals surface area contributed by atoms with E-state index in [1.807, 2.05) is 4.90 Å². The van der Waals surface area contributed by atoms with E-state index in [1.54, 1.807) is 25.2 Å². The fourth-order valence-electron chi connectivity index (χ4n) is 3.55. The van der Waals surface area contributed by atoms with Crippen LogP contribution in [0, 0.1) is 11.7 Å². The Morgan fingerprint density at radius 1 is 1.07 bits per heavy atom. The minimum absolute atomic E-state index is 0.0112. The Morgan fingerprint density at radius 2 is 1.73 bits per heavy atom. The van der Waals surface area contributed by atoms with E-state index in [9.17, 15) is 22.4 Å². The molecule has 0 saturated carbocycles. The number of halogens is 4. The lowest BCUT2D eigenvalue weighted by Gasteiger charge is -2.33. The first-order valence-electron chi connectivity index (χ1n) is 9.32. The highest BCUT2D eigenvalue weighted by Crippen LogP contribution is 2.29. The summed E-state index contributed by atoms with van der Waals surface area (Å²) in [5, 5.41) is 10.7. The summed E-state index contributed by atoms with van der Waals surface area (Å²) in [6.07, 6.45) is -3.60. The van der Waals surface area contributed by atoms with Crippen LogP contribution in [0.15, 0.2) is 36.4 Å². The number of carbonyl (C=O) groups excluding carboxylic acids is 1. The van der Waals surface area contributed by atoms with E-state index in [0.717, 1.165) is 0 Å². The maximum Gasteiger partial charge on any atom is 0.453 e. The lowest BCUT2D eigenvalue weighted by molar-refractivity contribution is -0.146. The normalized spacial score (nSPS) is 15.6. The van der Waals surface area contributed by atoms with Gasteiger partial charge < -0.3 is 9.80 Å². The zero-order chi connectivity index (χ0) is 21.5. The third-order valence-electron chi connectivity index (χ3n) is 5.21. The standard InChI is InChI=1S/C19H18F4N6O/c1-27(14-4-2-13(20)3-5-14)17(30)12-8-10-28(11-9-12)16-7-6-15-24-25-18(19(21,22)23)29(15)26-16/h2-7,12H,8-11H2,1H3. The number of hydrogen-bond acceptors (Lipinski definition) is 5. The van der Waals surface area contributed by atoms with E-state index in [2.05, 4.69) is 15.3 Å². The molecule has 3 aromatic rings. The molecule has 0 spiro atoms. The van der Waals surface area contributed by atoms with Gasteiger partial charge in [0, 0.05) is 31.7 Å². The Hall–Kier alpha value is -3.24. The van der Waals surface area contributed by atoms with Crippen LogP contribution in [0.1, 0.15) is 18.7 Å². The van der Waals surface area contributed by atoms with Gasteiger partial charge in [-0.3, -0.25) is 4.79 Å². The summed E-state index contributed by atoms with van der Waals surface area (Å²) in [7, 11) is 1.64. The highest BCUT2D eigenvalue weighted by molar-refractivity contribution is 5.94. The number of rotatable bonds is 3. The molecule has 1 saturated heterocycles. The minimum atomic E-state index is -4.66. The van der Waals surface area contributed by atoms with Gasteiger partial charge in [0.15, 0.2) is 5.65 Å². The monoisotopic (exact) mass is 422 g/mol. The van der Waals surface area contributed by atoms with Crippen LogP contribution in [-0.2, 0) is 11.0 Å². The number of fused-ring (bicyclic) bond motifs is 1. The van der Waals surface area contributed by atoms with Crippen molar-refractivity contribution in [2.24, 2.45) is 5.92 Å². The average molecular weight is 422 g/mol. The molecule has 0 aliphatic carbocycles. The Morgan fingerprint density at radius 3 is 2.37 bits per heavy atom. The van der Waals surface area contributed by atoms with Crippen LogP contribution >= 0.6 is 0 Å². The fourth-order valence-corrected chi connectivity index (χ4v) is 3.55. The summed E-state index contributed by atoms with van der Waals surface area (Å²) >= 11 is 0. The van der Waals surface area contributed by atoms with Crippen molar-refractivity contribution < 1.29 is 22.4 Å². The van der Waals surface area contributed by atoms with Crippen molar-refractivity contribution in [3.8, 4) is 0 Å². The number of hydrogen-bond donors (Lipinski definition) is 0. The second-order valence-corrected chi connectivity index (χ2v) is 7.12. The first kappa shape index (κ1) is 20.0. The van der Waals surface area contributed by atoms with Crippen LogP contribution < -0.4 is 9.80 Å². The molecule has 2 aromatic heterocycles. The predicted molar refractivity (Wildman–Crippen MR) is 101 cm³/mol. The van der Waals surface area contributed by atoms with Crippen molar-refractivity contribution in [3.05, 3.63) is 48.0 Å². The summed E-state index contributed by atoms with van der Waals surface area (Å²) in [6, 6.07) is 8.70. The van der Waals surface area contributed by atoms with Gasteiger partial charge in [-0.25, -0.2) is 4.39 Å². The fraction of sp³-hybridized carbons (Fsp3) is 0.368. The molecule has 30 heavy (non-hydrogen) atoms. The van der Waals surface area contributed by atoms with Gasteiger partial charge >= 0.3 is 6.18 Å². The van der Waals surface area contributed by atoms with Crippen molar-refractivity contribution in [1.82, 2.24) is 19.8 Å². The van der Waals surface area contributed by atoms with Gasteiger partial charge in [0.25, 0.3) is 5.82 Å². The summed E-state index contributed by atoms with van der Waals surface area (Å²) in [5.41, 5.74) is 0.611. The molecular weight excluding hydrogens is 404 g/mol. The number of amides is 1. The van der Waals surface area contributed by atoms with Crippen molar-refractivity contribution >= 4 is 23.1 Å². The third-order valence-corrected chi connectivity index (χ3v) is 5.21. The van der Waals surface area contributed by atoms with Gasteiger partial charge in [-0.1, -0.05) is 0 Å². The molecule has 1 amide bonds. The third kappa shape index (κ3) is 3.79. The Bertz CT molecular complexity index is 1060. The molecule has 0 unspecified atom stereocenters. The van der Waals surface area contributed by atoms with Crippen molar-refractivity contribution in [2.45, 2.75) is 19.0 Å². The minimum Gasteiger partial charge on any atom is -0.355 e.